The topological polar surface area (TPSA) is 21.3 Å². The predicted octanol–water partition coefficient (Wildman–Crippen LogP) is 4.65. The SMILES string of the molecule is CCCNCc1cccc(Cl)c1OCCC(C)(C)C. The van der Waals surface area contributed by atoms with E-state index in [4.69, 9.17) is 16.3 Å². The van der Waals surface area contributed by atoms with Crippen molar-refractivity contribution in [1.82, 2.24) is 5.32 Å². The second-order valence-electron chi connectivity index (χ2n) is 6.06. The van der Waals surface area contributed by atoms with Crippen LogP contribution in [-0.2, 0) is 6.54 Å². The molecule has 1 N–H and O–H groups in total. The Morgan fingerprint density at radius 2 is 2.00 bits per heavy atom. The molecule has 1 aromatic rings. The minimum absolute atomic E-state index is 0.280. The molecule has 3 heteroatoms. The summed E-state index contributed by atoms with van der Waals surface area (Å²) in [7, 11) is 0. The molecule has 108 valence electrons. The Hall–Kier alpha value is -0.730. The molecular weight excluding hydrogens is 258 g/mol. The Kier molecular flexibility index (Phi) is 6.67. The van der Waals surface area contributed by atoms with Crippen molar-refractivity contribution in [3.05, 3.63) is 28.8 Å². The van der Waals surface area contributed by atoms with Gasteiger partial charge in [0.15, 0.2) is 0 Å². The van der Waals surface area contributed by atoms with E-state index < -0.39 is 0 Å². The Morgan fingerprint density at radius 3 is 2.63 bits per heavy atom. The van der Waals surface area contributed by atoms with E-state index in [1.165, 1.54) is 0 Å². The second kappa shape index (κ2) is 7.76. The van der Waals surface area contributed by atoms with E-state index >= 15 is 0 Å². The third kappa shape index (κ3) is 6.31. The molecule has 0 bridgehead atoms. The zero-order valence-electron chi connectivity index (χ0n) is 12.6. The van der Waals surface area contributed by atoms with Crippen molar-refractivity contribution in [2.24, 2.45) is 5.41 Å². The van der Waals surface area contributed by atoms with Gasteiger partial charge in [0.2, 0.25) is 0 Å². The number of hydrogen-bond acceptors (Lipinski definition) is 2. The summed E-state index contributed by atoms with van der Waals surface area (Å²) >= 11 is 6.24. The average Bonchev–Trinajstić information content (AvgIpc) is 2.31. The summed E-state index contributed by atoms with van der Waals surface area (Å²) in [5, 5.41) is 4.09. The van der Waals surface area contributed by atoms with Crippen molar-refractivity contribution >= 4 is 11.6 Å². The highest BCUT2D eigenvalue weighted by Gasteiger charge is 2.12. The molecule has 0 heterocycles. The van der Waals surface area contributed by atoms with Crippen LogP contribution < -0.4 is 10.1 Å². The maximum atomic E-state index is 6.24. The lowest BCUT2D eigenvalue weighted by molar-refractivity contribution is 0.241. The number of rotatable bonds is 7. The number of nitrogens with one attached hydrogen (secondary N) is 1. The summed E-state index contributed by atoms with van der Waals surface area (Å²) < 4.78 is 5.90. The van der Waals surface area contributed by atoms with E-state index in [0.29, 0.717) is 11.6 Å². The smallest absolute Gasteiger partial charge is 0.142 e. The summed E-state index contributed by atoms with van der Waals surface area (Å²) in [6.07, 6.45) is 2.14. The fraction of sp³-hybridized carbons (Fsp3) is 0.625. The van der Waals surface area contributed by atoms with Crippen LogP contribution in [0.25, 0.3) is 0 Å². The third-order valence-electron chi connectivity index (χ3n) is 2.89. The zero-order chi connectivity index (χ0) is 14.3. The lowest BCUT2D eigenvalue weighted by Crippen LogP contribution is -2.16. The van der Waals surface area contributed by atoms with Gasteiger partial charge < -0.3 is 10.1 Å². The van der Waals surface area contributed by atoms with Gasteiger partial charge in [-0.1, -0.05) is 51.4 Å². The zero-order valence-corrected chi connectivity index (χ0v) is 13.3. The van der Waals surface area contributed by atoms with Crippen LogP contribution in [0, 0.1) is 5.41 Å². The molecule has 0 spiro atoms. The molecule has 0 aromatic heterocycles. The van der Waals surface area contributed by atoms with Crippen LogP contribution in [0.4, 0.5) is 0 Å². The minimum Gasteiger partial charge on any atom is -0.492 e. The Balaban J connectivity index is 2.63. The number of para-hydroxylation sites is 1. The predicted molar refractivity (Wildman–Crippen MR) is 83.0 cm³/mol. The first-order valence-corrected chi connectivity index (χ1v) is 7.43. The molecule has 0 amide bonds. The average molecular weight is 284 g/mol. The standard InChI is InChI=1S/C16H26ClNO/c1-5-10-18-12-13-7-6-8-14(17)15(13)19-11-9-16(2,3)4/h6-8,18H,5,9-12H2,1-4H3. The molecule has 0 aliphatic rings. The first kappa shape index (κ1) is 16.3. The second-order valence-corrected chi connectivity index (χ2v) is 6.47. The van der Waals surface area contributed by atoms with Crippen molar-refractivity contribution in [1.29, 1.82) is 0 Å². The summed E-state index contributed by atoms with van der Waals surface area (Å²) in [5.41, 5.74) is 1.41. The fourth-order valence-electron chi connectivity index (χ4n) is 1.71. The van der Waals surface area contributed by atoms with E-state index in [0.717, 1.165) is 37.2 Å². The van der Waals surface area contributed by atoms with Crippen LogP contribution in [0.5, 0.6) is 5.75 Å². The highest BCUT2D eigenvalue weighted by atomic mass is 35.5. The number of hydrogen-bond donors (Lipinski definition) is 1. The molecule has 19 heavy (non-hydrogen) atoms. The highest BCUT2D eigenvalue weighted by molar-refractivity contribution is 6.32. The van der Waals surface area contributed by atoms with Crippen molar-refractivity contribution < 1.29 is 4.74 Å². The van der Waals surface area contributed by atoms with Gasteiger partial charge in [-0.2, -0.15) is 0 Å². The molecule has 0 saturated heterocycles. The van der Waals surface area contributed by atoms with E-state index in [-0.39, 0.29) is 5.41 Å². The monoisotopic (exact) mass is 283 g/mol. The van der Waals surface area contributed by atoms with Gasteiger partial charge in [0, 0.05) is 12.1 Å². The molecule has 1 rings (SSSR count). The lowest BCUT2D eigenvalue weighted by atomic mass is 9.93. The van der Waals surface area contributed by atoms with Gasteiger partial charge in [-0.05, 0) is 30.9 Å². The molecular formula is C16H26ClNO. The molecule has 0 unspecified atom stereocenters. The molecule has 0 atom stereocenters. The van der Waals surface area contributed by atoms with Gasteiger partial charge in [0.1, 0.15) is 5.75 Å². The normalized spacial score (nSPS) is 11.6. The van der Waals surface area contributed by atoms with Crippen LogP contribution in [0.3, 0.4) is 0 Å². The fourth-order valence-corrected chi connectivity index (χ4v) is 1.96. The first-order valence-electron chi connectivity index (χ1n) is 7.05. The summed E-state index contributed by atoms with van der Waals surface area (Å²) in [5.74, 6) is 0.831. The van der Waals surface area contributed by atoms with Gasteiger partial charge >= 0.3 is 0 Å². The lowest BCUT2D eigenvalue weighted by Gasteiger charge is -2.19. The van der Waals surface area contributed by atoms with Crippen LogP contribution >= 0.6 is 11.6 Å². The van der Waals surface area contributed by atoms with Gasteiger partial charge in [-0.3, -0.25) is 0 Å². The van der Waals surface area contributed by atoms with Crippen molar-refractivity contribution in [3.8, 4) is 5.75 Å². The Labute approximate surface area is 122 Å². The molecule has 1 aromatic carbocycles. The van der Waals surface area contributed by atoms with Gasteiger partial charge in [0.05, 0.1) is 11.6 Å². The van der Waals surface area contributed by atoms with Crippen molar-refractivity contribution in [2.75, 3.05) is 13.2 Å². The van der Waals surface area contributed by atoms with E-state index in [1.807, 2.05) is 12.1 Å². The van der Waals surface area contributed by atoms with Crippen LogP contribution in [-0.4, -0.2) is 13.2 Å². The van der Waals surface area contributed by atoms with Crippen LogP contribution in [0.2, 0.25) is 5.02 Å². The summed E-state index contributed by atoms with van der Waals surface area (Å²) in [4.78, 5) is 0. The minimum atomic E-state index is 0.280. The molecule has 2 nitrogen and oxygen atoms in total. The molecule has 0 saturated carbocycles. The third-order valence-corrected chi connectivity index (χ3v) is 3.19. The highest BCUT2D eigenvalue weighted by Crippen LogP contribution is 2.29. The van der Waals surface area contributed by atoms with Crippen LogP contribution in [0.1, 0.15) is 46.1 Å². The first-order chi connectivity index (χ1) is 8.94. The quantitative estimate of drug-likeness (QED) is 0.735. The van der Waals surface area contributed by atoms with Gasteiger partial charge in [0.25, 0.3) is 0 Å². The maximum Gasteiger partial charge on any atom is 0.142 e. The van der Waals surface area contributed by atoms with Crippen molar-refractivity contribution in [3.63, 3.8) is 0 Å². The van der Waals surface area contributed by atoms with Gasteiger partial charge in [-0.25, -0.2) is 0 Å². The summed E-state index contributed by atoms with van der Waals surface area (Å²) in [6, 6.07) is 5.93. The molecule has 0 fully saturated rings. The van der Waals surface area contributed by atoms with E-state index in [2.05, 4.69) is 39.1 Å². The number of benzene rings is 1. The number of ether oxygens (including phenoxy) is 1. The Bertz CT molecular complexity index is 385. The molecule has 0 aliphatic heterocycles. The van der Waals surface area contributed by atoms with Crippen molar-refractivity contribution in [2.45, 2.75) is 47.1 Å². The number of halogens is 1. The van der Waals surface area contributed by atoms with Crippen LogP contribution in [0.15, 0.2) is 18.2 Å². The van der Waals surface area contributed by atoms with Gasteiger partial charge in [-0.15, -0.1) is 0 Å². The summed E-state index contributed by atoms with van der Waals surface area (Å²) in [6.45, 7) is 11.3. The van der Waals surface area contributed by atoms with E-state index in [9.17, 15) is 0 Å². The molecule has 0 aliphatic carbocycles. The van der Waals surface area contributed by atoms with E-state index in [1.54, 1.807) is 0 Å². The largest absolute Gasteiger partial charge is 0.492 e. The maximum absolute atomic E-state index is 6.24. The molecule has 0 radical (unpaired) electrons. The Morgan fingerprint density at radius 1 is 1.26 bits per heavy atom.